The van der Waals surface area contributed by atoms with Crippen LogP contribution in [0.1, 0.15) is 12.0 Å². The van der Waals surface area contributed by atoms with Gasteiger partial charge in [0.05, 0.1) is 17.4 Å². The minimum atomic E-state index is -4.31. The lowest BCUT2D eigenvalue weighted by molar-refractivity contribution is -0.150. The first-order valence-electron chi connectivity index (χ1n) is 4.64. The van der Waals surface area contributed by atoms with Gasteiger partial charge in [-0.25, -0.2) is 0 Å². The van der Waals surface area contributed by atoms with Crippen molar-refractivity contribution in [2.75, 3.05) is 0 Å². The molecule has 1 nitrogen and oxygen atoms in total. The lowest BCUT2D eigenvalue weighted by Gasteiger charge is -2.11. The molecule has 0 aliphatic heterocycles. The van der Waals surface area contributed by atoms with Crippen LogP contribution in [0.5, 0.6) is 0 Å². The molecule has 84 valence electrons. The third-order valence-electron chi connectivity index (χ3n) is 2.91. The monoisotopic (exact) mass is 245 g/mol. The van der Waals surface area contributed by atoms with E-state index >= 15 is 0 Å². The lowest BCUT2D eigenvalue weighted by atomic mass is 9.95. The lowest BCUT2D eigenvalue weighted by Crippen LogP contribution is -2.19. The number of benzene rings is 1. The maximum Gasteiger partial charge on any atom is 0.393 e. The Kier molecular flexibility index (Phi) is 2.39. The first-order valence-corrected chi connectivity index (χ1v) is 5.02. The van der Waals surface area contributed by atoms with Gasteiger partial charge in [-0.2, -0.15) is 18.4 Å². The van der Waals surface area contributed by atoms with Crippen LogP contribution in [-0.4, -0.2) is 6.18 Å². The van der Waals surface area contributed by atoms with E-state index in [-0.39, 0.29) is 6.42 Å². The molecule has 0 aromatic heterocycles. The zero-order chi connectivity index (χ0) is 12.0. The van der Waals surface area contributed by atoms with Gasteiger partial charge in [0.1, 0.15) is 0 Å². The minimum absolute atomic E-state index is 0.158. The number of alkyl halides is 3. The van der Waals surface area contributed by atoms with E-state index in [1.165, 1.54) is 24.3 Å². The highest BCUT2D eigenvalue weighted by molar-refractivity contribution is 6.30. The fraction of sp³-hybridized carbons (Fsp3) is 0.364. The second-order valence-corrected chi connectivity index (χ2v) is 4.32. The molecule has 0 saturated heterocycles. The topological polar surface area (TPSA) is 23.8 Å². The molecule has 0 unspecified atom stereocenters. The quantitative estimate of drug-likeness (QED) is 0.740. The van der Waals surface area contributed by atoms with E-state index in [9.17, 15) is 13.2 Å². The van der Waals surface area contributed by atoms with Gasteiger partial charge in [-0.15, -0.1) is 0 Å². The molecule has 0 radical (unpaired) electrons. The Morgan fingerprint density at radius 1 is 1.31 bits per heavy atom. The summed E-state index contributed by atoms with van der Waals surface area (Å²) in [5.41, 5.74) is -1.01. The zero-order valence-electron chi connectivity index (χ0n) is 8.05. The minimum Gasteiger partial charge on any atom is -0.197 e. The van der Waals surface area contributed by atoms with Crippen LogP contribution < -0.4 is 0 Å². The second kappa shape index (κ2) is 3.39. The Bertz CT molecular complexity index is 446. The van der Waals surface area contributed by atoms with Crippen LogP contribution in [0.4, 0.5) is 13.2 Å². The van der Waals surface area contributed by atoms with Crippen LogP contribution in [0.3, 0.4) is 0 Å². The standard InChI is InChI=1S/C11H7ClF3N/c12-8-3-1-7(2-4-8)10(6-16)5-9(10)11(13,14)15/h1-4,9H,5H2/t9-,10-/m0/s1. The summed E-state index contributed by atoms with van der Waals surface area (Å²) in [5, 5.41) is 9.38. The van der Waals surface area contributed by atoms with Crippen LogP contribution in [0, 0.1) is 17.2 Å². The number of hydrogen-bond donors (Lipinski definition) is 0. The van der Waals surface area contributed by atoms with Gasteiger partial charge in [0.25, 0.3) is 0 Å². The highest BCUT2D eigenvalue weighted by Crippen LogP contribution is 2.60. The Labute approximate surface area is 95.4 Å². The fourth-order valence-electron chi connectivity index (χ4n) is 1.91. The van der Waals surface area contributed by atoms with Crippen molar-refractivity contribution < 1.29 is 13.2 Å². The van der Waals surface area contributed by atoms with Crippen molar-refractivity contribution in [1.29, 1.82) is 5.26 Å². The van der Waals surface area contributed by atoms with E-state index in [1.54, 1.807) is 6.07 Å². The van der Waals surface area contributed by atoms with Crippen molar-refractivity contribution in [1.82, 2.24) is 0 Å². The molecular formula is C11H7ClF3N. The first kappa shape index (κ1) is 11.3. The molecule has 16 heavy (non-hydrogen) atoms. The fourth-order valence-corrected chi connectivity index (χ4v) is 2.04. The van der Waals surface area contributed by atoms with Gasteiger partial charge in [0.2, 0.25) is 0 Å². The molecule has 1 aliphatic carbocycles. The normalized spacial score (nSPS) is 28.6. The van der Waals surface area contributed by atoms with Gasteiger partial charge >= 0.3 is 6.18 Å². The zero-order valence-corrected chi connectivity index (χ0v) is 8.81. The van der Waals surface area contributed by atoms with Crippen LogP contribution in [0.25, 0.3) is 0 Å². The third kappa shape index (κ3) is 1.65. The van der Waals surface area contributed by atoms with Crippen LogP contribution in [0.15, 0.2) is 24.3 Å². The number of halogens is 4. The van der Waals surface area contributed by atoms with E-state index in [0.29, 0.717) is 10.6 Å². The molecule has 0 heterocycles. The summed E-state index contributed by atoms with van der Waals surface area (Å²) in [5.74, 6) is -1.55. The van der Waals surface area contributed by atoms with Crippen molar-refractivity contribution in [2.45, 2.75) is 18.0 Å². The predicted molar refractivity (Wildman–Crippen MR) is 52.9 cm³/mol. The van der Waals surface area contributed by atoms with Gasteiger partial charge in [-0.05, 0) is 24.1 Å². The molecule has 1 saturated carbocycles. The highest BCUT2D eigenvalue weighted by atomic mass is 35.5. The Morgan fingerprint density at radius 2 is 1.88 bits per heavy atom. The Balaban J connectivity index is 2.34. The van der Waals surface area contributed by atoms with E-state index < -0.39 is 17.5 Å². The predicted octanol–water partition coefficient (Wildman–Crippen LogP) is 3.68. The molecular weight excluding hydrogens is 239 g/mol. The van der Waals surface area contributed by atoms with Crippen molar-refractivity contribution in [3.8, 4) is 6.07 Å². The van der Waals surface area contributed by atoms with Gasteiger partial charge in [-0.3, -0.25) is 0 Å². The highest BCUT2D eigenvalue weighted by Gasteiger charge is 2.68. The molecule has 5 heteroatoms. The molecule has 0 spiro atoms. The van der Waals surface area contributed by atoms with Gasteiger partial charge < -0.3 is 0 Å². The number of hydrogen-bond acceptors (Lipinski definition) is 1. The van der Waals surface area contributed by atoms with Crippen LogP contribution in [-0.2, 0) is 5.41 Å². The smallest absolute Gasteiger partial charge is 0.197 e. The van der Waals surface area contributed by atoms with Gasteiger partial charge in [0, 0.05) is 5.02 Å². The summed E-state index contributed by atoms with van der Waals surface area (Å²) < 4.78 is 37.5. The Hall–Kier alpha value is -1.21. The summed E-state index contributed by atoms with van der Waals surface area (Å²) >= 11 is 5.65. The summed E-state index contributed by atoms with van der Waals surface area (Å²) in [7, 11) is 0. The summed E-state index contributed by atoms with van der Waals surface area (Å²) in [4.78, 5) is 0. The van der Waals surface area contributed by atoms with E-state index in [1.807, 2.05) is 0 Å². The molecule has 1 aromatic rings. The van der Waals surface area contributed by atoms with Crippen molar-refractivity contribution in [3.63, 3.8) is 0 Å². The maximum absolute atomic E-state index is 12.5. The molecule has 2 atom stereocenters. The number of nitriles is 1. The van der Waals surface area contributed by atoms with Gasteiger partial charge in [-0.1, -0.05) is 23.7 Å². The van der Waals surface area contributed by atoms with E-state index in [4.69, 9.17) is 16.9 Å². The average Bonchev–Trinajstić information content (AvgIpc) is 2.94. The van der Waals surface area contributed by atoms with Gasteiger partial charge in [0.15, 0.2) is 0 Å². The second-order valence-electron chi connectivity index (χ2n) is 3.89. The van der Waals surface area contributed by atoms with Crippen molar-refractivity contribution >= 4 is 11.6 Å². The van der Waals surface area contributed by atoms with Crippen LogP contribution in [0.2, 0.25) is 5.02 Å². The molecule has 0 amide bonds. The largest absolute Gasteiger partial charge is 0.393 e. The summed E-state index contributed by atoms with van der Waals surface area (Å²) in [6.45, 7) is 0. The average molecular weight is 246 g/mol. The first-order chi connectivity index (χ1) is 7.40. The molecule has 0 N–H and O–H groups in total. The maximum atomic E-state index is 12.5. The molecule has 2 rings (SSSR count). The summed E-state index contributed by atoms with van der Waals surface area (Å²) in [6.07, 6.45) is -4.47. The SMILES string of the molecule is N#C[C@]1(c2ccc(Cl)cc2)C[C@@H]1C(F)(F)F. The van der Waals surface area contributed by atoms with Crippen molar-refractivity contribution in [2.24, 2.45) is 5.92 Å². The van der Waals surface area contributed by atoms with E-state index in [2.05, 4.69) is 0 Å². The van der Waals surface area contributed by atoms with Crippen molar-refractivity contribution in [3.05, 3.63) is 34.9 Å². The molecule has 1 aromatic carbocycles. The molecule has 1 fully saturated rings. The Morgan fingerprint density at radius 3 is 2.25 bits per heavy atom. The third-order valence-corrected chi connectivity index (χ3v) is 3.17. The molecule has 0 bridgehead atoms. The summed E-state index contributed by atoms with van der Waals surface area (Å²) in [6, 6.07) is 7.75. The van der Waals surface area contributed by atoms with Crippen LogP contribution >= 0.6 is 11.6 Å². The molecule has 1 aliphatic rings. The van der Waals surface area contributed by atoms with E-state index in [0.717, 1.165) is 0 Å². The number of nitrogens with zero attached hydrogens (tertiary/aromatic N) is 1. The number of rotatable bonds is 1.